The van der Waals surface area contributed by atoms with Gasteiger partial charge in [0.25, 0.3) is 0 Å². The van der Waals surface area contributed by atoms with Gasteiger partial charge in [0.2, 0.25) is 5.88 Å². The number of nitrogens with one attached hydrogen (secondary N) is 2. The number of pyridine rings is 1. The van der Waals surface area contributed by atoms with Gasteiger partial charge in [-0.15, -0.1) is 0 Å². The third-order valence-electron chi connectivity index (χ3n) is 3.88. The van der Waals surface area contributed by atoms with Gasteiger partial charge in [0.15, 0.2) is 5.96 Å². The summed E-state index contributed by atoms with van der Waals surface area (Å²) in [5.41, 5.74) is 0.860. The Morgan fingerprint density at radius 1 is 1.28 bits per heavy atom. The summed E-state index contributed by atoms with van der Waals surface area (Å²) >= 11 is 0. The van der Waals surface area contributed by atoms with E-state index >= 15 is 0 Å². The molecule has 1 aliphatic rings. The molecule has 0 fully saturated rings. The van der Waals surface area contributed by atoms with Crippen LogP contribution in [0.1, 0.15) is 18.4 Å². The van der Waals surface area contributed by atoms with Gasteiger partial charge < -0.3 is 15.4 Å². The van der Waals surface area contributed by atoms with E-state index in [-0.39, 0.29) is 5.82 Å². The van der Waals surface area contributed by atoms with Gasteiger partial charge in [-0.3, -0.25) is 4.99 Å². The molecule has 0 saturated carbocycles. The van der Waals surface area contributed by atoms with E-state index in [4.69, 9.17) is 4.74 Å². The monoisotopic (exact) mass is 340 g/mol. The van der Waals surface area contributed by atoms with Gasteiger partial charge in [-0.2, -0.15) is 0 Å². The number of guanidine groups is 1. The fraction of sp³-hybridized carbons (Fsp3) is 0.263. The van der Waals surface area contributed by atoms with Crippen molar-refractivity contribution in [3.63, 3.8) is 0 Å². The quantitative estimate of drug-likeness (QED) is 0.498. The Labute approximate surface area is 146 Å². The zero-order valence-electron chi connectivity index (χ0n) is 14.1. The number of nitrogens with zero attached hydrogens (tertiary/aromatic N) is 2. The van der Waals surface area contributed by atoms with E-state index in [0.29, 0.717) is 24.2 Å². The molecule has 1 aromatic carbocycles. The Morgan fingerprint density at radius 2 is 2.12 bits per heavy atom. The molecule has 0 spiro atoms. The minimum atomic E-state index is -0.345. The molecule has 0 bridgehead atoms. The number of aromatic nitrogens is 1. The molecule has 2 aromatic rings. The van der Waals surface area contributed by atoms with Crippen LogP contribution >= 0.6 is 0 Å². The molecule has 1 aromatic heterocycles. The third-order valence-corrected chi connectivity index (χ3v) is 3.88. The van der Waals surface area contributed by atoms with Gasteiger partial charge in [-0.25, -0.2) is 9.37 Å². The number of rotatable bonds is 5. The van der Waals surface area contributed by atoms with E-state index in [0.717, 1.165) is 24.4 Å². The van der Waals surface area contributed by atoms with Crippen LogP contribution in [-0.4, -0.2) is 24.0 Å². The SMILES string of the molecule is CN=C(NCc1cccnc1Oc1cccc(F)c1)NC1CC=CC1. The van der Waals surface area contributed by atoms with Crippen molar-refractivity contribution in [3.8, 4) is 11.6 Å². The number of hydrogen-bond acceptors (Lipinski definition) is 3. The summed E-state index contributed by atoms with van der Waals surface area (Å²) < 4.78 is 19.1. The fourth-order valence-corrected chi connectivity index (χ4v) is 2.59. The van der Waals surface area contributed by atoms with Crippen molar-refractivity contribution >= 4 is 5.96 Å². The molecule has 3 rings (SSSR count). The maximum atomic E-state index is 13.3. The molecule has 0 amide bonds. The molecule has 130 valence electrons. The second-order valence-corrected chi connectivity index (χ2v) is 5.74. The molecule has 0 radical (unpaired) electrons. The van der Waals surface area contributed by atoms with Gasteiger partial charge in [-0.05, 0) is 31.0 Å². The minimum Gasteiger partial charge on any atom is -0.439 e. The molecular formula is C19H21FN4O. The Kier molecular flexibility index (Phi) is 5.61. The Bertz CT molecular complexity index is 768. The van der Waals surface area contributed by atoms with Crippen molar-refractivity contribution in [2.24, 2.45) is 4.99 Å². The van der Waals surface area contributed by atoms with Crippen LogP contribution < -0.4 is 15.4 Å². The molecule has 0 saturated heterocycles. The van der Waals surface area contributed by atoms with Crippen molar-refractivity contribution in [1.82, 2.24) is 15.6 Å². The maximum Gasteiger partial charge on any atom is 0.224 e. The second kappa shape index (κ2) is 8.28. The summed E-state index contributed by atoms with van der Waals surface area (Å²) in [4.78, 5) is 8.50. The highest BCUT2D eigenvalue weighted by Gasteiger charge is 2.12. The van der Waals surface area contributed by atoms with Crippen LogP contribution in [0.15, 0.2) is 59.7 Å². The van der Waals surface area contributed by atoms with Crippen LogP contribution in [0, 0.1) is 5.82 Å². The third kappa shape index (κ3) is 4.79. The first-order valence-corrected chi connectivity index (χ1v) is 8.24. The lowest BCUT2D eigenvalue weighted by Gasteiger charge is -2.17. The minimum absolute atomic E-state index is 0.345. The van der Waals surface area contributed by atoms with Crippen LogP contribution in [0.3, 0.4) is 0 Å². The zero-order valence-corrected chi connectivity index (χ0v) is 14.1. The molecule has 1 aliphatic carbocycles. The van der Waals surface area contributed by atoms with Gasteiger partial charge in [-0.1, -0.05) is 24.3 Å². The van der Waals surface area contributed by atoms with Crippen LogP contribution in [0.5, 0.6) is 11.6 Å². The van der Waals surface area contributed by atoms with E-state index in [1.54, 1.807) is 25.4 Å². The summed E-state index contributed by atoms with van der Waals surface area (Å²) in [6.07, 6.45) is 7.98. The number of hydrogen-bond donors (Lipinski definition) is 2. The highest BCUT2D eigenvalue weighted by Crippen LogP contribution is 2.23. The van der Waals surface area contributed by atoms with E-state index in [1.165, 1.54) is 12.1 Å². The largest absolute Gasteiger partial charge is 0.439 e. The Balaban J connectivity index is 1.64. The molecule has 5 nitrogen and oxygen atoms in total. The van der Waals surface area contributed by atoms with Gasteiger partial charge in [0.1, 0.15) is 11.6 Å². The normalized spacial score (nSPS) is 14.6. The Hall–Kier alpha value is -2.89. The smallest absolute Gasteiger partial charge is 0.224 e. The predicted octanol–water partition coefficient (Wildman–Crippen LogP) is 3.40. The lowest BCUT2D eigenvalue weighted by atomic mass is 10.2. The van der Waals surface area contributed by atoms with E-state index in [2.05, 4.69) is 32.8 Å². The van der Waals surface area contributed by atoms with Gasteiger partial charge >= 0.3 is 0 Å². The van der Waals surface area contributed by atoms with Gasteiger partial charge in [0, 0.05) is 37.5 Å². The van der Waals surface area contributed by atoms with Crippen LogP contribution in [0.4, 0.5) is 4.39 Å². The van der Waals surface area contributed by atoms with E-state index in [1.807, 2.05) is 12.1 Å². The lowest BCUT2D eigenvalue weighted by molar-refractivity contribution is 0.450. The van der Waals surface area contributed by atoms with Crippen molar-refractivity contribution in [2.45, 2.75) is 25.4 Å². The zero-order chi connectivity index (χ0) is 17.5. The average Bonchev–Trinajstić information content (AvgIpc) is 3.13. The molecule has 2 N–H and O–H groups in total. The molecule has 6 heteroatoms. The topological polar surface area (TPSA) is 58.5 Å². The average molecular weight is 340 g/mol. The molecule has 0 aliphatic heterocycles. The number of benzene rings is 1. The summed E-state index contributed by atoms with van der Waals surface area (Å²) in [6, 6.07) is 10.1. The summed E-state index contributed by atoms with van der Waals surface area (Å²) in [5.74, 6) is 1.25. The fourth-order valence-electron chi connectivity index (χ4n) is 2.59. The van der Waals surface area contributed by atoms with Gasteiger partial charge in [0.05, 0.1) is 0 Å². The van der Waals surface area contributed by atoms with Crippen molar-refractivity contribution in [1.29, 1.82) is 0 Å². The number of halogens is 1. The number of ether oxygens (including phenoxy) is 1. The summed E-state index contributed by atoms with van der Waals surface area (Å²) in [7, 11) is 1.74. The highest BCUT2D eigenvalue weighted by molar-refractivity contribution is 5.80. The van der Waals surface area contributed by atoms with Crippen LogP contribution in [-0.2, 0) is 6.54 Å². The number of aliphatic imine (C=N–C) groups is 1. The first-order valence-electron chi connectivity index (χ1n) is 8.24. The second-order valence-electron chi connectivity index (χ2n) is 5.74. The standard InChI is InChI=1S/C19H21FN4O/c1-21-19(24-16-8-2-3-9-16)23-13-14-6-5-11-22-18(14)25-17-10-4-7-15(20)12-17/h2-7,10-12,16H,8-9,13H2,1H3,(H2,21,23,24). The van der Waals surface area contributed by atoms with E-state index < -0.39 is 0 Å². The maximum absolute atomic E-state index is 13.3. The summed E-state index contributed by atoms with van der Waals surface area (Å²) in [6.45, 7) is 0.498. The molecule has 1 heterocycles. The molecule has 0 unspecified atom stereocenters. The predicted molar refractivity (Wildman–Crippen MR) is 96.2 cm³/mol. The molecule has 25 heavy (non-hydrogen) atoms. The summed E-state index contributed by atoms with van der Waals surface area (Å²) in [5, 5.41) is 6.65. The first-order chi connectivity index (χ1) is 12.2. The Morgan fingerprint density at radius 3 is 2.88 bits per heavy atom. The van der Waals surface area contributed by atoms with Crippen molar-refractivity contribution in [2.75, 3.05) is 7.05 Å². The van der Waals surface area contributed by atoms with Crippen molar-refractivity contribution in [3.05, 3.63) is 66.1 Å². The van der Waals surface area contributed by atoms with E-state index in [9.17, 15) is 4.39 Å². The molecule has 0 atom stereocenters. The van der Waals surface area contributed by atoms with Crippen LogP contribution in [0.25, 0.3) is 0 Å². The van der Waals surface area contributed by atoms with Crippen LogP contribution in [0.2, 0.25) is 0 Å². The molecular weight excluding hydrogens is 319 g/mol. The highest BCUT2D eigenvalue weighted by atomic mass is 19.1. The lowest BCUT2D eigenvalue weighted by Crippen LogP contribution is -2.42. The van der Waals surface area contributed by atoms with Crippen molar-refractivity contribution < 1.29 is 9.13 Å². The first kappa shape index (κ1) is 17.0.